The smallest absolute Gasteiger partial charge is 0.416 e. The fourth-order valence-electron chi connectivity index (χ4n) is 5.17. The highest BCUT2D eigenvalue weighted by molar-refractivity contribution is 7.91. The summed E-state index contributed by atoms with van der Waals surface area (Å²) in [7, 11) is -3.69. The predicted octanol–water partition coefficient (Wildman–Crippen LogP) is 4.39. The van der Waals surface area contributed by atoms with Gasteiger partial charge in [0.2, 0.25) is 0 Å². The molecule has 0 spiro atoms. The summed E-state index contributed by atoms with van der Waals surface area (Å²) < 4.78 is 69.3. The molecule has 0 bridgehead atoms. The highest BCUT2D eigenvalue weighted by Crippen LogP contribution is 2.39. The monoisotopic (exact) mass is 663 g/mol. The molecule has 1 aliphatic heterocycles. The molecular formula is C27H30Cl2F3N5O5S. The van der Waals surface area contributed by atoms with Crippen LogP contribution in [0, 0.1) is 0 Å². The summed E-state index contributed by atoms with van der Waals surface area (Å²) in [4.78, 5) is 30.1. The van der Waals surface area contributed by atoms with Gasteiger partial charge in [0.25, 0.3) is 5.56 Å². The quantitative estimate of drug-likeness (QED) is 0.272. The topological polar surface area (TPSA) is 134 Å². The van der Waals surface area contributed by atoms with Gasteiger partial charge in [-0.3, -0.25) is 14.3 Å². The minimum absolute atomic E-state index is 0.0387. The van der Waals surface area contributed by atoms with E-state index in [9.17, 15) is 31.2 Å². The molecule has 16 heteroatoms. The molecule has 0 radical (unpaired) electrons. The van der Waals surface area contributed by atoms with Crippen LogP contribution in [0.4, 0.5) is 18.0 Å². The molecule has 4 rings (SSSR count). The predicted molar refractivity (Wildman–Crippen MR) is 157 cm³/mol. The van der Waals surface area contributed by atoms with Crippen molar-refractivity contribution in [2.24, 2.45) is 0 Å². The maximum absolute atomic E-state index is 14.3. The van der Waals surface area contributed by atoms with Gasteiger partial charge in [0.1, 0.15) is 0 Å². The Hall–Kier alpha value is -2.91. The average Bonchev–Trinajstić information content (AvgIpc) is 2.93. The number of benzene rings is 2. The van der Waals surface area contributed by atoms with Crippen LogP contribution in [0.3, 0.4) is 0 Å². The van der Waals surface area contributed by atoms with Gasteiger partial charge >= 0.3 is 12.3 Å². The number of hydrogen-bond acceptors (Lipinski definition) is 7. The first kappa shape index (κ1) is 33.0. The normalized spacial score (nSPS) is 16.5. The highest BCUT2D eigenvalue weighted by atomic mass is 35.5. The lowest BCUT2D eigenvalue weighted by atomic mass is 10.0. The Morgan fingerprint density at radius 3 is 2.60 bits per heavy atom. The summed E-state index contributed by atoms with van der Waals surface area (Å²) in [5.41, 5.74) is -1.97. The maximum atomic E-state index is 14.3. The van der Waals surface area contributed by atoms with Crippen molar-refractivity contribution in [3.05, 3.63) is 67.7 Å². The van der Waals surface area contributed by atoms with Gasteiger partial charge in [-0.1, -0.05) is 30.1 Å². The Kier molecular flexibility index (Phi) is 10.3. The van der Waals surface area contributed by atoms with Crippen molar-refractivity contribution < 1.29 is 31.5 Å². The summed E-state index contributed by atoms with van der Waals surface area (Å²) in [6.07, 6.45) is -3.36. The molecule has 1 aromatic heterocycles. The van der Waals surface area contributed by atoms with E-state index >= 15 is 0 Å². The third-order valence-corrected chi connectivity index (χ3v) is 9.74. The molecule has 0 saturated carbocycles. The number of nitrogens with one attached hydrogen (secondary N) is 2. The summed E-state index contributed by atoms with van der Waals surface area (Å²) in [6.45, 7) is 2.54. The van der Waals surface area contributed by atoms with Gasteiger partial charge in [0, 0.05) is 37.2 Å². The molecule has 3 aromatic rings. The first-order valence-corrected chi connectivity index (χ1v) is 15.8. The van der Waals surface area contributed by atoms with Crippen LogP contribution in [-0.4, -0.2) is 72.0 Å². The molecule has 1 saturated heterocycles. The van der Waals surface area contributed by atoms with Gasteiger partial charge in [-0.05, 0) is 54.8 Å². The number of piperidine rings is 1. The molecule has 1 amide bonds. The van der Waals surface area contributed by atoms with E-state index in [1.807, 2.05) is 4.90 Å². The molecule has 2 heterocycles. The van der Waals surface area contributed by atoms with Crippen LogP contribution in [0.25, 0.3) is 10.9 Å². The van der Waals surface area contributed by atoms with Crippen LogP contribution in [0.1, 0.15) is 36.5 Å². The number of hydrogen-bond donors (Lipinski definition) is 3. The molecule has 1 aliphatic rings. The number of nitrogens with zero attached hydrogens (tertiary/aromatic N) is 3. The van der Waals surface area contributed by atoms with Gasteiger partial charge in [0.15, 0.2) is 9.84 Å². The second-order valence-electron chi connectivity index (χ2n) is 10.2. The fraction of sp³-hybridized carbons (Fsp3) is 0.444. The first-order chi connectivity index (χ1) is 20.2. The third kappa shape index (κ3) is 7.79. The standard InChI is InChI=1S/C27H30Cl2F3N5O5S/c1-2-43(41,42)22-6-5-17(28)10-16(22)12-37-15-35-24-19(25(37)38)11-21(27(30,31)32)20(23(24)29)14-36-9-3-4-18(13-36)33-7-8-34-26(39)40/h5-6,10-11,15,18,33-34H,2-4,7-9,12-14H2,1H3,(H,39,40)/t18-/m0/s1. The highest BCUT2D eigenvalue weighted by Gasteiger charge is 2.37. The number of rotatable bonds is 10. The number of halogens is 5. The van der Waals surface area contributed by atoms with Gasteiger partial charge in [-0.2, -0.15) is 13.2 Å². The Balaban J connectivity index is 1.68. The Labute approximate surface area is 255 Å². The van der Waals surface area contributed by atoms with Gasteiger partial charge < -0.3 is 15.7 Å². The fourth-order valence-corrected chi connectivity index (χ4v) is 6.79. The van der Waals surface area contributed by atoms with E-state index in [1.165, 1.54) is 25.1 Å². The summed E-state index contributed by atoms with van der Waals surface area (Å²) in [5.74, 6) is -0.199. The van der Waals surface area contributed by atoms with Gasteiger partial charge in [0.05, 0.1) is 45.0 Å². The summed E-state index contributed by atoms with van der Waals surface area (Å²) >= 11 is 12.6. The Morgan fingerprint density at radius 2 is 1.93 bits per heavy atom. The van der Waals surface area contributed by atoms with Crippen molar-refractivity contribution in [3.63, 3.8) is 0 Å². The third-order valence-electron chi connectivity index (χ3n) is 7.26. The summed E-state index contributed by atoms with van der Waals surface area (Å²) in [6, 6.07) is 4.82. The zero-order valence-corrected chi connectivity index (χ0v) is 25.4. The van der Waals surface area contributed by atoms with E-state index in [-0.39, 0.29) is 68.4 Å². The van der Waals surface area contributed by atoms with Crippen LogP contribution in [0.2, 0.25) is 10.0 Å². The number of likely N-dealkylation sites (tertiary alicyclic amines) is 1. The second-order valence-corrected chi connectivity index (χ2v) is 13.3. The maximum Gasteiger partial charge on any atom is 0.416 e. The molecule has 2 aromatic carbocycles. The number of carbonyl (C=O) groups is 1. The molecular weight excluding hydrogens is 634 g/mol. The van der Waals surface area contributed by atoms with Crippen molar-refractivity contribution >= 4 is 50.0 Å². The molecule has 0 unspecified atom stereocenters. The van der Waals surface area contributed by atoms with E-state index in [0.717, 1.165) is 23.4 Å². The lowest BCUT2D eigenvalue weighted by Gasteiger charge is -2.34. The van der Waals surface area contributed by atoms with Crippen LogP contribution >= 0.6 is 23.2 Å². The Morgan fingerprint density at radius 1 is 1.19 bits per heavy atom. The lowest BCUT2D eigenvalue weighted by Crippen LogP contribution is -2.47. The minimum atomic E-state index is -4.83. The van der Waals surface area contributed by atoms with E-state index in [1.54, 1.807) is 0 Å². The van der Waals surface area contributed by atoms with Crippen LogP contribution in [0.5, 0.6) is 0 Å². The lowest BCUT2D eigenvalue weighted by molar-refractivity contribution is -0.138. The van der Waals surface area contributed by atoms with Gasteiger partial charge in [-0.25, -0.2) is 18.2 Å². The van der Waals surface area contributed by atoms with E-state index in [2.05, 4.69) is 15.6 Å². The van der Waals surface area contributed by atoms with E-state index in [4.69, 9.17) is 28.3 Å². The zero-order valence-electron chi connectivity index (χ0n) is 23.0. The number of aromatic nitrogens is 2. The van der Waals surface area contributed by atoms with Crippen molar-refractivity contribution in [2.75, 3.05) is 31.9 Å². The largest absolute Gasteiger partial charge is 0.465 e. The van der Waals surface area contributed by atoms with Crippen LogP contribution < -0.4 is 16.2 Å². The van der Waals surface area contributed by atoms with E-state index < -0.39 is 33.2 Å². The van der Waals surface area contributed by atoms with Crippen molar-refractivity contribution in [3.8, 4) is 0 Å². The second kappa shape index (κ2) is 13.4. The molecule has 10 nitrogen and oxygen atoms in total. The van der Waals surface area contributed by atoms with E-state index in [0.29, 0.717) is 26.1 Å². The molecule has 234 valence electrons. The summed E-state index contributed by atoms with van der Waals surface area (Å²) in [5, 5.41) is 13.8. The van der Waals surface area contributed by atoms with Crippen molar-refractivity contribution in [1.82, 2.24) is 25.1 Å². The number of carboxylic acid groups (broad SMARTS) is 1. The molecule has 43 heavy (non-hydrogen) atoms. The average molecular weight is 665 g/mol. The SMILES string of the molecule is CCS(=O)(=O)c1ccc(Cl)cc1Cn1cnc2c(Cl)c(CN3CCC[C@H](NCCNC(=O)O)C3)c(C(F)(F)F)cc2c1=O. The number of alkyl halides is 3. The minimum Gasteiger partial charge on any atom is -0.465 e. The molecule has 1 atom stereocenters. The van der Waals surface area contributed by atoms with Crippen molar-refractivity contribution in [2.45, 2.75) is 50.0 Å². The van der Waals surface area contributed by atoms with Crippen LogP contribution in [0.15, 0.2) is 40.3 Å². The molecule has 0 aliphatic carbocycles. The van der Waals surface area contributed by atoms with Crippen LogP contribution in [-0.2, 0) is 29.1 Å². The number of sulfone groups is 1. The number of fused-ring (bicyclic) bond motifs is 1. The van der Waals surface area contributed by atoms with Gasteiger partial charge in [-0.15, -0.1) is 0 Å². The number of amides is 1. The Bertz CT molecular complexity index is 1680. The molecule has 3 N–H and O–H groups in total. The first-order valence-electron chi connectivity index (χ1n) is 13.4. The zero-order chi connectivity index (χ0) is 31.5. The molecule has 1 fully saturated rings. The van der Waals surface area contributed by atoms with Crippen molar-refractivity contribution in [1.29, 1.82) is 0 Å².